The van der Waals surface area contributed by atoms with Gasteiger partial charge in [-0.05, 0) is 18.8 Å². The molecule has 1 rings (SSSR count). The lowest BCUT2D eigenvalue weighted by Crippen LogP contribution is -2.25. The SMILES string of the molecule is CCCCCCCCCCCCNC(=O)CCC1CCCCC1. The third kappa shape index (κ3) is 12.5. The molecule has 0 unspecified atom stereocenters. The Morgan fingerprint density at radius 2 is 1.39 bits per heavy atom. The fourth-order valence-corrected chi connectivity index (χ4v) is 3.74. The van der Waals surface area contributed by atoms with Gasteiger partial charge in [-0.3, -0.25) is 4.79 Å². The summed E-state index contributed by atoms with van der Waals surface area (Å²) in [5.41, 5.74) is 0. The summed E-state index contributed by atoms with van der Waals surface area (Å²) in [7, 11) is 0. The van der Waals surface area contributed by atoms with Gasteiger partial charge in [-0.1, -0.05) is 96.8 Å². The molecule has 1 fully saturated rings. The van der Waals surface area contributed by atoms with Crippen LogP contribution < -0.4 is 5.32 Å². The van der Waals surface area contributed by atoms with Crippen molar-refractivity contribution in [2.45, 2.75) is 116 Å². The van der Waals surface area contributed by atoms with Crippen molar-refractivity contribution in [3.05, 3.63) is 0 Å². The molecule has 1 saturated carbocycles. The zero-order chi connectivity index (χ0) is 16.6. The highest BCUT2D eigenvalue weighted by Crippen LogP contribution is 2.27. The van der Waals surface area contributed by atoms with E-state index < -0.39 is 0 Å². The Kier molecular flexibility index (Phi) is 13.4. The van der Waals surface area contributed by atoms with E-state index in [0.29, 0.717) is 0 Å². The first-order valence-electron chi connectivity index (χ1n) is 10.6. The Morgan fingerprint density at radius 1 is 0.826 bits per heavy atom. The lowest BCUT2D eigenvalue weighted by Gasteiger charge is -2.20. The second-order valence-corrected chi connectivity index (χ2v) is 7.57. The van der Waals surface area contributed by atoms with E-state index in [-0.39, 0.29) is 5.91 Å². The molecule has 0 radical (unpaired) electrons. The number of carbonyl (C=O) groups is 1. The van der Waals surface area contributed by atoms with Gasteiger partial charge in [-0.15, -0.1) is 0 Å². The highest BCUT2D eigenvalue weighted by Gasteiger charge is 2.14. The van der Waals surface area contributed by atoms with E-state index in [1.807, 2.05) is 0 Å². The highest BCUT2D eigenvalue weighted by molar-refractivity contribution is 5.75. The minimum absolute atomic E-state index is 0.284. The molecule has 0 heterocycles. The maximum Gasteiger partial charge on any atom is 0.220 e. The molecule has 1 aliphatic carbocycles. The van der Waals surface area contributed by atoms with E-state index >= 15 is 0 Å². The maximum atomic E-state index is 11.8. The maximum absolute atomic E-state index is 11.8. The van der Waals surface area contributed by atoms with Gasteiger partial charge in [0.25, 0.3) is 0 Å². The average Bonchev–Trinajstić information content (AvgIpc) is 2.59. The van der Waals surface area contributed by atoms with Gasteiger partial charge in [0, 0.05) is 13.0 Å². The van der Waals surface area contributed by atoms with Crippen molar-refractivity contribution in [2.75, 3.05) is 6.54 Å². The van der Waals surface area contributed by atoms with Crippen LogP contribution >= 0.6 is 0 Å². The molecule has 1 amide bonds. The molecule has 136 valence electrons. The summed E-state index contributed by atoms with van der Waals surface area (Å²) in [6.45, 7) is 3.16. The van der Waals surface area contributed by atoms with Crippen molar-refractivity contribution >= 4 is 5.91 Å². The first-order chi connectivity index (χ1) is 11.3. The lowest BCUT2D eigenvalue weighted by atomic mass is 9.86. The van der Waals surface area contributed by atoms with Crippen LogP contribution in [0.3, 0.4) is 0 Å². The van der Waals surface area contributed by atoms with Gasteiger partial charge in [0.1, 0.15) is 0 Å². The third-order valence-corrected chi connectivity index (χ3v) is 5.36. The average molecular weight is 324 g/mol. The fraction of sp³-hybridized carbons (Fsp3) is 0.952. The van der Waals surface area contributed by atoms with Gasteiger partial charge in [-0.25, -0.2) is 0 Å². The first-order valence-corrected chi connectivity index (χ1v) is 10.6. The summed E-state index contributed by atoms with van der Waals surface area (Å²) in [6.07, 6.45) is 22.3. The zero-order valence-corrected chi connectivity index (χ0v) is 15.7. The van der Waals surface area contributed by atoms with Crippen LogP contribution in [-0.2, 0) is 4.79 Å². The van der Waals surface area contributed by atoms with Crippen LogP contribution in [0.2, 0.25) is 0 Å². The number of rotatable bonds is 14. The van der Waals surface area contributed by atoms with Gasteiger partial charge in [0.2, 0.25) is 5.91 Å². The predicted octanol–water partition coefficient (Wildman–Crippen LogP) is 6.38. The lowest BCUT2D eigenvalue weighted by molar-refractivity contribution is -0.121. The molecule has 0 aliphatic heterocycles. The standard InChI is InChI=1S/C21H41NO/c1-2-3-4-5-6-7-8-9-10-14-19-22-21(23)18-17-20-15-12-11-13-16-20/h20H,2-19H2,1H3,(H,22,23). The molecule has 1 aliphatic rings. The molecule has 0 saturated heterocycles. The quantitative estimate of drug-likeness (QED) is 0.369. The molecule has 0 bridgehead atoms. The minimum atomic E-state index is 0.284. The van der Waals surface area contributed by atoms with E-state index in [4.69, 9.17) is 0 Å². The molecule has 0 aromatic heterocycles. The Morgan fingerprint density at radius 3 is 2.00 bits per heavy atom. The van der Waals surface area contributed by atoms with Crippen LogP contribution in [0, 0.1) is 5.92 Å². The number of amides is 1. The van der Waals surface area contributed by atoms with Gasteiger partial charge in [0.05, 0.1) is 0 Å². The molecular weight excluding hydrogens is 282 g/mol. The third-order valence-electron chi connectivity index (χ3n) is 5.36. The molecule has 2 nitrogen and oxygen atoms in total. The van der Waals surface area contributed by atoms with Crippen LogP contribution in [0.5, 0.6) is 0 Å². The van der Waals surface area contributed by atoms with E-state index in [9.17, 15) is 4.79 Å². The van der Waals surface area contributed by atoms with Gasteiger partial charge in [-0.2, -0.15) is 0 Å². The van der Waals surface area contributed by atoms with Crippen molar-refractivity contribution in [1.29, 1.82) is 0 Å². The summed E-state index contributed by atoms with van der Waals surface area (Å²) in [6, 6.07) is 0. The molecule has 0 atom stereocenters. The second-order valence-electron chi connectivity index (χ2n) is 7.57. The number of hydrogen-bond acceptors (Lipinski definition) is 1. The van der Waals surface area contributed by atoms with Crippen LogP contribution in [-0.4, -0.2) is 12.5 Å². The monoisotopic (exact) mass is 323 g/mol. The van der Waals surface area contributed by atoms with E-state index in [1.54, 1.807) is 0 Å². The largest absolute Gasteiger partial charge is 0.356 e. The Labute approximate surface area is 145 Å². The number of carbonyl (C=O) groups excluding carboxylic acids is 1. The van der Waals surface area contributed by atoms with Crippen LogP contribution in [0.1, 0.15) is 116 Å². The van der Waals surface area contributed by atoms with E-state index in [0.717, 1.165) is 31.7 Å². The predicted molar refractivity (Wildman–Crippen MR) is 101 cm³/mol. The van der Waals surface area contributed by atoms with Crippen LogP contribution in [0.4, 0.5) is 0 Å². The summed E-state index contributed by atoms with van der Waals surface area (Å²) in [5, 5.41) is 3.11. The van der Waals surface area contributed by atoms with E-state index in [2.05, 4.69) is 12.2 Å². The van der Waals surface area contributed by atoms with Crippen LogP contribution in [0.25, 0.3) is 0 Å². The number of nitrogens with one attached hydrogen (secondary N) is 1. The molecule has 1 N–H and O–H groups in total. The Balaban J connectivity index is 1.78. The number of hydrogen-bond donors (Lipinski definition) is 1. The summed E-state index contributed by atoms with van der Waals surface area (Å²) < 4.78 is 0. The van der Waals surface area contributed by atoms with Gasteiger partial charge in [0.15, 0.2) is 0 Å². The van der Waals surface area contributed by atoms with Crippen molar-refractivity contribution in [2.24, 2.45) is 5.92 Å². The smallest absolute Gasteiger partial charge is 0.220 e. The van der Waals surface area contributed by atoms with Crippen LogP contribution in [0.15, 0.2) is 0 Å². The van der Waals surface area contributed by atoms with E-state index in [1.165, 1.54) is 89.9 Å². The molecule has 0 aromatic carbocycles. The molecule has 0 spiro atoms. The topological polar surface area (TPSA) is 29.1 Å². The highest BCUT2D eigenvalue weighted by atomic mass is 16.1. The van der Waals surface area contributed by atoms with Crippen molar-refractivity contribution in [3.8, 4) is 0 Å². The Hall–Kier alpha value is -0.530. The Bertz CT molecular complexity index is 271. The molecule has 0 aromatic rings. The summed E-state index contributed by atoms with van der Waals surface area (Å²) >= 11 is 0. The summed E-state index contributed by atoms with van der Waals surface area (Å²) in [5.74, 6) is 1.11. The van der Waals surface area contributed by atoms with Gasteiger partial charge >= 0.3 is 0 Å². The fourth-order valence-electron chi connectivity index (χ4n) is 3.74. The minimum Gasteiger partial charge on any atom is -0.356 e. The summed E-state index contributed by atoms with van der Waals surface area (Å²) in [4.78, 5) is 11.8. The molecule has 23 heavy (non-hydrogen) atoms. The number of unbranched alkanes of at least 4 members (excludes halogenated alkanes) is 9. The first kappa shape index (κ1) is 20.5. The van der Waals surface area contributed by atoms with Crippen molar-refractivity contribution < 1.29 is 4.79 Å². The second kappa shape index (κ2) is 15.0. The normalized spacial score (nSPS) is 15.7. The zero-order valence-electron chi connectivity index (χ0n) is 15.7. The molecular formula is C21H41NO. The van der Waals surface area contributed by atoms with Crippen molar-refractivity contribution in [3.63, 3.8) is 0 Å². The molecule has 2 heteroatoms. The van der Waals surface area contributed by atoms with Crippen molar-refractivity contribution in [1.82, 2.24) is 5.32 Å². The van der Waals surface area contributed by atoms with Gasteiger partial charge < -0.3 is 5.32 Å².